The number of carbonyl (C=O) groups is 3. The number of hydrogen-bond acceptors (Lipinski definition) is 5. The number of para-hydroxylation sites is 2. The number of rotatable bonds is 6. The quantitative estimate of drug-likeness (QED) is 0.595. The van der Waals surface area contributed by atoms with E-state index in [1.165, 1.54) is 0 Å². The molecule has 22 heavy (non-hydrogen) atoms. The minimum absolute atomic E-state index is 0.0457. The Hall–Kier alpha value is -2.57. The van der Waals surface area contributed by atoms with Crippen molar-refractivity contribution in [3.05, 3.63) is 24.3 Å². The van der Waals surface area contributed by atoms with Crippen LogP contribution in [0.15, 0.2) is 24.3 Å². The average Bonchev–Trinajstić information content (AvgIpc) is 2.46. The van der Waals surface area contributed by atoms with Gasteiger partial charge in [0.15, 0.2) is 5.75 Å². The lowest BCUT2D eigenvalue weighted by Crippen LogP contribution is -2.48. The summed E-state index contributed by atoms with van der Waals surface area (Å²) in [5.74, 6) is -1.55. The first-order valence-corrected chi connectivity index (χ1v) is 7.08. The van der Waals surface area contributed by atoms with Crippen LogP contribution in [0.3, 0.4) is 0 Å². The Morgan fingerprint density at radius 3 is 2.82 bits per heavy atom. The fourth-order valence-electron chi connectivity index (χ4n) is 2.30. The third-order valence-corrected chi connectivity index (χ3v) is 3.29. The Labute approximate surface area is 127 Å². The van der Waals surface area contributed by atoms with Crippen LogP contribution in [0.25, 0.3) is 0 Å². The first-order valence-electron chi connectivity index (χ1n) is 7.08. The van der Waals surface area contributed by atoms with Crippen molar-refractivity contribution in [2.45, 2.75) is 25.8 Å². The van der Waals surface area contributed by atoms with Gasteiger partial charge in [0, 0.05) is 0 Å². The van der Waals surface area contributed by atoms with Gasteiger partial charge in [-0.1, -0.05) is 25.5 Å². The fraction of sp³-hybridized carbons (Fsp3) is 0.400. The number of nitrogens with one attached hydrogen (secondary N) is 1. The number of esters is 1. The van der Waals surface area contributed by atoms with Crippen LogP contribution >= 0.6 is 0 Å². The van der Waals surface area contributed by atoms with Gasteiger partial charge in [-0.25, -0.2) is 9.59 Å². The molecule has 0 spiro atoms. The van der Waals surface area contributed by atoms with Crippen molar-refractivity contribution in [2.75, 3.05) is 18.0 Å². The van der Waals surface area contributed by atoms with Gasteiger partial charge in [-0.15, -0.1) is 0 Å². The fourth-order valence-corrected chi connectivity index (χ4v) is 2.30. The van der Waals surface area contributed by atoms with E-state index in [4.69, 9.17) is 9.84 Å². The second-order valence-electron chi connectivity index (χ2n) is 5.04. The number of amides is 1. The SMILES string of the molecule is CCCC(NC(=O)CN1CC(=O)Oc2ccccc21)C(=O)O. The smallest absolute Gasteiger partial charge is 0.331 e. The molecule has 7 nitrogen and oxygen atoms in total. The summed E-state index contributed by atoms with van der Waals surface area (Å²) in [5.41, 5.74) is 0.639. The maximum atomic E-state index is 12.0. The Balaban J connectivity index is 2.05. The Kier molecular flexibility index (Phi) is 4.98. The lowest BCUT2D eigenvalue weighted by molar-refractivity contribution is -0.142. The molecule has 2 N–H and O–H groups in total. The summed E-state index contributed by atoms with van der Waals surface area (Å²) in [5, 5.41) is 11.5. The van der Waals surface area contributed by atoms with Crippen molar-refractivity contribution in [1.29, 1.82) is 0 Å². The first-order chi connectivity index (χ1) is 10.5. The molecule has 1 aromatic carbocycles. The molecular weight excluding hydrogens is 288 g/mol. The summed E-state index contributed by atoms with van der Waals surface area (Å²) in [4.78, 5) is 36.2. The third kappa shape index (κ3) is 3.75. The van der Waals surface area contributed by atoms with E-state index < -0.39 is 23.9 Å². The lowest BCUT2D eigenvalue weighted by Gasteiger charge is -2.29. The van der Waals surface area contributed by atoms with Crippen molar-refractivity contribution < 1.29 is 24.2 Å². The van der Waals surface area contributed by atoms with Crippen molar-refractivity contribution >= 4 is 23.5 Å². The molecule has 1 atom stereocenters. The molecule has 0 saturated carbocycles. The molecule has 2 rings (SSSR count). The Morgan fingerprint density at radius 2 is 2.14 bits per heavy atom. The number of benzene rings is 1. The van der Waals surface area contributed by atoms with E-state index in [2.05, 4.69) is 5.32 Å². The molecule has 1 amide bonds. The summed E-state index contributed by atoms with van der Waals surface area (Å²) in [6.45, 7) is 1.70. The minimum atomic E-state index is -1.06. The number of aliphatic carboxylic acids is 1. The highest BCUT2D eigenvalue weighted by atomic mass is 16.5. The number of anilines is 1. The Bertz CT molecular complexity index is 587. The summed E-state index contributed by atoms with van der Waals surface area (Å²) >= 11 is 0. The standard InChI is InChI=1S/C15H18N2O5/c1-2-5-10(15(20)21)16-13(18)8-17-9-14(19)22-12-7-4-3-6-11(12)17/h3-4,6-7,10H,2,5,8-9H2,1H3,(H,16,18)(H,20,21). The van der Waals surface area contributed by atoms with E-state index in [9.17, 15) is 14.4 Å². The van der Waals surface area contributed by atoms with Gasteiger partial charge in [0.05, 0.1) is 12.2 Å². The molecule has 1 aromatic rings. The monoisotopic (exact) mass is 306 g/mol. The topological polar surface area (TPSA) is 95.9 Å². The predicted molar refractivity (Wildman–Crippen MR) is 78.8 cm³/mol. The van der Waals surface area contributed by atoms with Gasteiger partial charge in [-0.3, -0.25) is 4.79 Å². The average molecular weight is 306 g/mol. The van der Waals surface area contributed by atoms with E-state index in [0.29, 0.717) is 24.3 Å². The number of nitrogens with zero attached hydrogens (tertiary/aromatic N) is 1. The van der Waals surface area contributed by atoms with Crippen LogP contribution in [0.5, 0.6) is 5.75 Å². The van der Waals surface area contributed by atoms with E-state index in [1.807, 2.05) is 6.92 Å². The number of carboxylic acid groups (broad SMARTS) is 1. The van der Waals surface area contributed by atoms with Crippen LogP contribution in [-0.2, 0) is 14.4 Å². The number of fused-ring (bicyclic) bond motifs is 1. The van der Waals surface area contributed by atoms with Gasteiger partial charge in [-0.2, -0.15) is 0 Å². The van der Waals surface area contributed by atoms with Gasteiger partial charge in [0.25, 0.3) is 0 Å². The third-order valence-electron chi connectivity index (χ3n) is 3.29. The predicted octanol–water partition coefficient (Wildman–Crippen LogP) is 0.781. The number of hydrogen-bond donors (Lipinski definition) is 2. The highest BCUT2D eigenvalue weighted by molar-refractivity contribution is 5.90. The molecule has 0 aromatic heterocycles. The summed E-state index contributed by atoms with van der Waals surface area (Å²) < 4.78 is 5.10. The second kappa shape index (κ2) is 6.93. The minimum Gasteiger partial charge on any atom is -0.480 e. The van der Waals surface area contributed by atoms with Crippen molar-refractivity contribution in [2.24, 2.45) is 0 Å². The molecule has 1 aliphatic rings. The van der Waals surface area contributed by atoms with Gasteiger partial charge in [0.2, 0.25) is 5.91 Å². The molecule has 0 fully saturated rings. The van der Waals surface area contributed by atoms with Crippen LogP contribution in [0.1, 0.15) is 19.8 Å². The lowest BCUT2D eigenvalue weighted by atomic mass is 10.1. The van der Waals surface area contributed by atoms with Gasteiger partial charge < -0.3 is 20.1 Å². The largest absolute Gasteiger partial charge is 0.480 e. The first kappa shape index (κ1) is 15.8. The molecule has 0 radical (unpaired) electrons. The second-order valence-corrected chi connectivity index (χ2v) is 5.04. The molecule has 7 heteroatoms. The summed E-state index contributed by atoms with van der Waals surface area (Å²) in [6, 6.07) is 5.99. The maximum absolute atomic E-state index is 12.0. The van der Waals surface area contributed by atoms with Gasteiger partial charge >= 0.3 is 11.9 Å². The van der Waals surface area contributed by atoms with Crippen LogP contribution in [-0.4, -0.2) is 42.1 Å². The molecule has 1 heterocycles. The molecule has 0 aliphatic carbocycles. The van der Waals surface area contributed by atoms with E-state index in [0.717, 1.165) is 0 Å². The molecule has 1 unspecified atom stereocenters. The van der Waals surface area contributed by atoms with Crippen LogP contribution in [0, 0.1) is 0 Å². The zero-order chi connectivity index (χ0) is 16.1. The molecule has 118 valence electrons. The molecule has 0 bridgehead atoms. The zero-order valence-electron chi connectivity index (χ0n) is 12.2. The van der Waals surface area contributed by atoms with Crippen LogP contribution in [0.2, 0.25) is 0 Å². The van der Waals surface area contributed by atoms with Crippen molar-refractivity contribution in [3.63, 3.8) is 0 Å². The highest BCUT2D eigenvalue weighted by Gasteiger charge is 2.26. The maximum Gasteiger partial charge on any atom is 0.331 e. The number of ether oxygens (including phenoxy) is 1. The van der Waals surface area contributed by atoms with Gasteiger partial charge in [0.1, 0.15) is 12.6 Å². The van der Waals surface area contributed by atoms with Crippen LogP contribution < -0.4 is 15.0 Å². The zero-order valence-corrected chi connectivity index (χ0v) is 12.2. The Morgan fingerprint density at radius 1 is 1.41 bits per heavy atom. The van der Waals surface area contributed by atoms with Crippen LogP contribution in [0.4, 0.5) is 5.69 Å². The van der Waals surface area contributed by atoms with Crippen molar-refractivity contribution in [1.82, 2.24) is 5.32 Å². The molecule has 1 aliphatic heterocycles. The summed E-state index contributed by atoms with van der Waals surface area (Å²) in [7, 11) is 0. The van der Waals surface area contributed by atoms with Gasteiger partial charge in [-0.05, 0) is 18.6 Å². The van der Waals surface area contributed by atoms with E-state index in [1.54, 1.807) is 29.2 Å². The van der Waals surface area contributed by atoms with Crippen molar-refractivity contribution in [3.8, 4) is 5.75 Å². The molecule has 0 saturated heterocycles. The van der Waals surface area contributed by atoms with E-state index in [-0.39, 0.29) is 13.1 Å². The normalized spacial score (nSPS) is 14.8. The summed E-state index contributed by atoms with van der Waals surface area (Å²) in [6.07, 6.45) is 1.01. The van der Waals surface area contributed by atoms with E-state index >= 15 is 0 Å². The highest BCUT2D eigenvalue weighted by Crippen LogP contribution is 2.30. The number of carbonyl (C=O) groups excluding carboxylic acids is 2. The molecular formula is C15H18N2O5. The number of carboxylic acids is 1.